The largest absolute Gasteiger partial charge is 0.496 e. The summed E-state index contributed by atoms with van der Waals surface area (Å²) in [6.45, 7) is 4.15. The maximum atomic E-state index is 12.6. The zero-order valence-corrected chi connectivity index (χ0v) is 13.3. The van der Waals surface area contributed by atoms with Crippen LogP contribution in [0.25, 0.3) is 0 Å². The highest BCUT2D eigenvalue weighted by Gasteiger charge is 2.42. The molecule has 6 heteroatoms. The number of methoxy groups -OCH3 is 2. The third-order valence-corrected chi connectivity index (χ3v) is 4.28. The van der Waals surface area contributed by atoms with Crippen molar-refractivity contribution in [3.05, 3.63) is 23.3 Å². The van der Waals surface area contributed by atoms with E-state index in [4.69, 9.17) is 9.47 Å². The Balaban J connectivity index is 2.29. The van der Waals surface area contributed by atoms with Crippen molar-refractivity contribution < 1.29 is 24.2 Å². The zero-order chi connectivity index (χ0) is 16.5. The summed E-state index contributed by atoms with van der Waals surface area (Å²) in [6, 6.07) is 3.33. The van der Waals surface area contributed by atoms with Gasteiger partial charge in [-0.1, -0.05) is 0 Å². The van der Waals surface area contributed by atoms with Crippen LogP contribution in [-0.2, 0) is 4.79 Å². The van der Waals surface area contributed by atoms with Crippen LogP contribution in [-0.4, -0.2) is 49.2 Å². The summed E-state index contributed by atoms with van der Waals surface area (Å²) in [6.07, 6.45) is 0.453. The lowest BCUT2D eigenvalue weighted by atomic mass is 9.90. The number of benzene rings is 1. The van der Waals surface area contributed by atoms with Crippen molar-refractivity contribution in [1.82, 2.24) is 4.90 Å². The van der Waals surface area contributed by atoms with E-state index in [-0.39, 0.29) is 12.5 Å². The predicted octanol–water partition coefficient (Wildman–Crippen LogP) is 1.95. The summed E-state index contributed by atoms with van der Waals surface area (Å²) in [4.78, 5) is 25.5. The van der Waals surface area contributed by atoms with Gasteiger partial charge in [0.2, 0.25) is 0 Å². The molecule has 1 fully saturated rings. The Labute approximate surface area is 129 Å². The fourth-order valence-corrected chi connectivity index (χ4v) is 2.70. The second-order valence-electron chi connectivity index (χ2n) is 5.85. The minimum Gasteiger partial charge on any atom is -0.496 e. The Morgan fingerprint density at radius 2 is 1.77 bits per heavy atom. The summed E-state index contributed by atoms with van der Waals surface area (Å²) in [5.74, 6) is 0.0641. The number of carboxylic acids is 1. The summed E-state index contributed by atoms with van der Waals surface area (Å²) in [5.41, 5.74) is 0.376. The number of ether oxygens (including phenoxy) is 2. The first kappa shape index (κ1) is 16.1. The quantitative estimate of drug-likeness (QED) is 0.920. The minimum atomic E-state index is -0.880. The molecule has 120 valence electrons. The monoisotopic (exact) mass is 307 g/mol. The molecule has 1 aliphatic heterocycles. The molecule has 0 aliphatic carbocycles. The van der Waals surface area contributed by atoms with Gasteiger partial charge in [-0.25, -0.2) is 0 Å². The molecular weight excluding hydrogens is 286 g/mol. The number of amides is 1. The van der Waals surface area contributed by atoms with E-state index in [0.29, 0.717) is 30.0 Å². The molecule has 1 atom stereocenters. The van der Waals surface area contributed by atoms with Gasteiger partial charge in [0, 0.05) is 24.2 Å². The average molecular weight is 307 g/mol. The van der Waals surface area contributed by atoms with Gasteiger partial charge in [0.15, 0.2) is 0 Å². The number of carbonyl (C=O) groups is 2. The summed E-state index contributed by atoms with van der Waals surface area (Å²) in [7, 11) is 3.07. The molecule has 0 saturated carbocycles. The maximum absolute atomic E-state index is 12.6. The number of carbonyl (C=O) groups excluding carboxylic acids is 1. The fraction of sp³-hybridized carbons (Fsp3) is 0.500. The molecule has 1 aromatic carbocycles. The van der Waals surface area contributed by atoms with E-state index in [9.17, 15) is 14.7 Å². The Bertz CT molecular complexity index is 588. The molecule has 0 aromatic heterocycles. The van der Waals surface area contributed by atoms with Gasteiger partial charge in [0.1, 0.15) is 11.5 Å². The van der Waals surface area contributed by atoms with E-state index in [1.165, 1.54) is 14.2 Å². The first-order chi connectivity index (χ1) is 10.3. The molecule has 1 aliphatic rings. The summed E-state index contributed by atoms with van der Waals surface area (Å²) < 4.78 is 10.6. The molecule has 6 nitrogen and oxygen atoms in total. The van der Waals surface area contributed by atoms with Gasteiger partial charge in [-0.05, 0) is 32.4 Å². The van der Waals surface area contributed by atoms with Crippen molar-refractivity contribution in [3.8, 4) is 11.5 Å². The van der Waals surface area contributed by atoms with E-state index in [0.717, 1.165) is 5.56 Å². The van der Waals surface area contributed by atoms with E-state index in [2.05, 4.69) is 0 Å². The Kier molecular flexibility index (Phi) is 4.30. The third-order valence-electron chi connectivity index (χ3n) is 4.28. The second kappa shape index (κ2) is 5.87. The van der Waals surface area contributed by atoms with Crippen LogP contribution in [0.4, 0.5) is 0 Å². The molecule has 1 heterocycles. The lowest BCUT2D eigenvalue weighted by Crippen LogP contribution is -2.34. The van der Waals surface area contributed by atoms with Crippen molar-refractivity contribution in [2.24, 2.45) is 5.41 Å². The molecule has 1 amide bonds. The molecule has 22 heavy (non-hydrogen) atoms. The van der Waals surface area contributed by atoms with Gasteiger partial charge in [-0.3, -0.25) is 9.59 Å². The van der Waals surface area contributed by atoms with Crippen LogP contribution < -0.4 is 9.47 Å². The van der Waals surface area contributed by atoms with Gasteiger partial charge in [0.05, 0.1) is 19.6 Å². The number of hydrogen-bond acceptors (Lipinski definition) is 4. The Morgan fingerprint density at radius 3 is 2.18 bits per heavy atom. The molecule has 1 N–H and O–H groups in total. The van der Waals surface area contributed by atoms with Gasteiger partial charge >= 0.3 is 5.97 Å². The number of rotatable bonds is 4. The molecule has 0 unspecified atom stereocenters. The standard InChI is InChI=1S/C16H21NO5/c1-10-12(21-3)7-11(8-13(10)22-4)14(18)17-6-5-16(2,9-17)15(19)20/h7-8H,5-6,9H2,1-4H3,(H,19,20)/t16-/m1/s1. The van der Waals surface area contributed by atoms with E-state index in [1.807, 2.05) is 6.92 Å². The highest BCUT2D eigenvalue weighted by atomic mass is 16.5. The molecule has 0 spiro atoms. The van der Waals surface area contributed by atoms with Crippen molar-refractivity contribution >= 4 is 11.9 Å². The lowest BCUT2D eigenvalue weighted by molar-refractivity contribution is -0.147. The van der Waals surface area contributed by atoms with Crippen molar-refractivity contribution in [3.63, 3.8) is 0 Å². The smallest absolute Gasteiger partial charge is 0.311 e. The lowest BCUT2D eigenvalue weighted by Gasteiger charge is -2.21. The van der Waals surface area contributed by atoms with Crippen LogP contribution >= 0.6 is 0 Å². The Hall–Kier alpha value is -2.24. The van der Waals surface area contributed by atoms with Crippen LogP contribution in [0, 0.1) is 12.3 Å². The normalized spacial score (nSPS) is 20.8. The minimum absolute atomic E-state index is 0.207. The van der Waals surface area contributed by atoms with Gasteiger partial charge < -0.3 is 19.5 Å². The van der Waals surface area contributed by atoms with Crippen LogP contribution in [0.2, 0.25) is 0 Å². The topological polar surface area (TPSA) is 76.1 Å². The predicted molar refractivity (Wildman–Crippen MR) is 80.5 cm³/mol. The van der Waals surface area contributed by atoms with Crippen molar-refractivity contribution in [2.45, 2.75) is 20.3 Å². The Morgan fingerprint density at radius 1 is 1.23 bits per heavy atom. The molecule has 2 rings (SSSR count). The van der Waals surface area contributed by atoms with Gasteiger partial charge in [-0.2, -0.15) is 0 Å². The van der Waals surface area contributed by atoms with Crippen molar-refractivity contribution in [2.75, 3.05) is 27.3 Å². The number of hydrogen-bond donors (Lipinski definition) is 1. The number of likely N-dealkylation sites (tertiary alicyclic amines) is 1. The number of carboxylic acid groups (broad SMARTS) is 1. The van der Waals surface area contributed by atoms with E-state index < -0.39 is 11.4 Å². The van der Waals surface area contributed by atoms with Crippen LogP contribution in [0.3, 0.4) is 0 Å². The molecule has 0 bridgehead atoms. The molecule has 1 saturated heterocycles. The summed E-state index contributed by atoms with van der Waals surface area (Å²) >= 11 is 0. The second-order valence-corrected chi connectivity index (χ2v) is 5.85. The van der Waals surface area contributed by atoms with E-state index >= 15 is 0 Å². The molecular formula is C16H21NO5. The highest BCUT2D eigenvalue weighted by Crippen LogP contribution is 2.33. The molecule has 0 radical (unpaired) electrons. The first-order valence-corrected chi connectivity index (χ1v) is 7.07. The zero-order valence-electron chi connectivity index (χ0n) is 13.3. The maximum Gasteiger partial charge on any atom is 0.311 e. The highest BCUT2D eigenvalue weighted by molar-refractivity contribution is 5.96. The summed E-state index contributed by atoms with van der Waals surface area (Å²) in [5, 5.41) is 9.27. The van der Waals surface area contributed by atoms with Crippen molar-refractivity contribution in [1.29, 1.82) is 0 Å². The fourth-order valence-electron chi connectivity index (χ4n) is 2.70. The SMILES string of the molecule is COc1cc(C(=O)N2CC[C@@](C)(C(=O)O)C2)cc(OC)c1C. The van der Waals surface area contributed by atoms with Crippen LogP contribution in [0.1, 0.15) is 29.3 Å². The van der Waals surface area contributed by atoms with Crippen LogP contribution in [0.5, 0.6) is 11.5 Å². The van der Waals surface area contributed by atoms with Crippen LogP contribution in [0.15, 0.2) is 12.1 Å². The van der Waals surface area contributed by atoms with Gasteiger partial charge in [-0.15, -0.1) is 0 Å². The molecule has 1 aromatic rings. The number of nitrogens with zero attached hydrogens (tertiary/aromatic N) is 1. The number of aliphatic carboxylic acids is 1. The average Bonchev–Trinajstić information content (AvgIpc) is 2.90. The first-order valence-electron chi connectivity index (χ1n) is 7.07. The third kappa shape index (κ3) is 2.73. The van der Waals surface area contributed by atoms with E-state index in [1.54, 1.807) is 24.0 Å². The van der Waals surface area contributed by atoms with Gasteiger partial charge in [0.25, 0.3) is 5.91 Å².